The summed E-state index contributed by atoms with van der Waals surface area (Å²) in [5, 5.41) is 0. The van der Waals surface area contributed by atoms with E-state index >= 15 is 0 Å². The van der Waals surface area contributed by atoms with E-state index in [2.05, 4.69) is 277 Å². The van der Waals surface area contributed by atoms with Crippen molar-refractivity contribution in [1.29, 1.82) is 0 Å². The molecule has 0 spiro atoms. The third-order valence-corrected chi connectivity index (χ3v) is 21.8. The first-order valence-electron chi connectivity index (χ1n) is 53.8. The monoisotopic (exact) mass is 1630 g/mol. The Balaban J connectivity index is -0.000000134. The summed E-state index contributed by atoms with van der Waals surface area (Å²) >= 11 is 0. The van der Waals surface area contributed by atoms with Gasteiger partial charge in [0.1, 0.15) is 0 Å². The lowest BCUT2D eigenvalue weighted by atomic mass is 10.0. The lowest BCUT2D eigenvalue weighted by molar-refractivity contribution is 0.469. The molecule has 0 saturated heterocycles. The smallest absolute Gasteiger partial charge is 0.0469 e. The molecular weight excluding hydrogens is 1380 g/mol. The zero-order valence-corrected chi connectivity index (χ0v) is 90.4. The molecule has 0 heterocycles. The van der Waals surface area contributed by atoms with Crippen LogP contribution < -0.4 is 0 Å². The van der Waals surface area contributed by atoms with Gasteiger partial charge in [-0.3, -0.25) is 0 Å². The summed E-state index contributed by atoms with van der Waals surface area (Å²) < 4.78 is 0. The van der Waals surface area contributed by atoms with Crippen LogP contribution in [0.3, 0.4) is 0 Å². The highest BCUT2D eigenvalue weighted by molar-refractivity contribution is 4.59. The Morgan fingerprint density at radius 2 is 0.139 bits per heavy atom. The third kappa shape index (κ3) is 198. The molecule has 0 aromatic carbocycles. The quantitative estimate of drug-likeness (QED) is 0.0533. The van der Waals surface area contributed by atoms with Crippen molar-refractivity contribution in [2.45, 2.75) is 630 Å². The summed E-state index contributed by atoms with van der Waals surface area (Å²) in [5.41, 5.74) is 0. The summed E-state index contributed by atoms with van der Waals surface area (Å²) in [5.74, 6) is 17.9. The van der Waals surface area contributed by atoms with Crippen LogP contribution in [0.25, 0.3) is 0 Å². The second-order valence-corrected chi connectivity index (χ2v) is 46.0. The fourth-order valence-electron chi connectivity index (χ4n) is 14.0. The summed E-state index contributed by atoms with van der Waals surface area (Å²) in [6.45, 7) is 92.2. The van der Waals surface area contributed by atoms with Gasteiger partial charge in [0.2, 0.25) is 0 Å². The van der Waals surface area contributed by atoms with Gasteiger partial charge in [-0.15, -0.1) is 0 Å². The first-order chi connectivity index (χ1) is 53.8. The van der Waals surface area contributed by atoms with Crippen LogP contribution in [0.4, 0.5) is 0 Å². The molecule has 0 amide bonds. The number of hydrogen-bond acceptors (Lipinski definition) is 0. The van der Waals surface area contributed by atoms with Gasteiger partial charge in [0.15, 0.2) is 0 Å². The summed E-state index contributed by atoms with van der Waals surface area (Å²) in [6.07, 6.45) is 79.1. The predicted octanol–water partition coefficient (Wildman–Crippen LogP) is 44.4. The van der Waals surface area contributed by atoms with Crippen LogP contribution >= 0.6 is 0 Å². The maximum absolute atomic E-state index is 2.33. The second kappa shape index (κ2) is 110. The molecular formula is C115H250. The first-order valence-corrected chi connectivity index (χ1v) is 53.8. The second-order valence-electron chi connectivity index (χ2n) is 46.0. The van der Waals surface area contributed by atoms with E-state index in [1.165, 1.54) is 353 Å². The number of hydrogen-bond donors (Lipinski definition) is 0. The molecule has 0 rings (SSSR count). The minimum atomic E-state index is 0.875. The molecule has 115 heavy (non-hydrogen) atoms. The van der Waals surface area contributed by atoms with Crippen LogP contribution in [0, 0.1) is 118 Å². The van der Waals surface area contributed by atoms with E-state index in [-0.39, 0.29) is 0 Å². The van der Waals surface area contributed by atoms with Gasteiger partial charge < -0.3 is 0 Å². The molecule has 710 valence electrons. The standard InChI is InChI=1S/C16H34.C15H32.C14H30.C13H28.C12H26.C11H24.C10H22.C9H20.C8H18.C7H16/c1-15(2)13-11-9-7-5-6-8-10-12-14-16(3)4;1-14(2)12-10-8-6-5-7-9-11-13-15(3)4;1-13(2)11-9-7-5-6-8-10-12-14(3)4;1-12(2)10-8-6-5-7-9-11-13(3)4;1-11(2)9-7-5-6-8-10-12(3)4;1-10(2)8-6-5-7-9-11(3)4;1-9(2)7-5-6-8-10(3)4;1-8(2)6-5-7-9(3)4;1-7(2)5-6-8(3)4;1-6(2)5-7(3)4/h15-16H,5-14H2,1-4H3;14-15H,5-13H2,1-4H3;13-14H,5-12H2,1-4H3;12-13H,5-11H2,1-4H3;11-12H,5-10H2,1-4H3;10-11H,5-9H2,1-4H3;9-10H,5-8H2,1-4H3;8-9H,5-7H2,1-4H3;7-8H,5-6H2,1-4H3;6-7H,5H2,1-4H3. The van der Waals surface area contributed by atoms with Gasteiger partial charge in [0.25, 0.3) is 0 Å². The summed E-state index contributed by atoms with van der Waals surface area (Å²) in [7, 11) is 0. The Hall–Kier alpha value is 0. The van der Waals surface area contributed by atoms with Crippen LogP contribution in [0.2, 0.25) is 0 Å². The zero-order valence-electron chi connectivity index (χ0n) is 90.4. The Labute approximate surface area is 743 Å². The van der Waals surface area contributed by atoms with E-state index in [9.17, 15) is 0 Å². The molecule has 0 saturated carbocycles. The largest absolute Gasteiger partial charge is 0.0628 e. The van der Waals surface area contributed by atoms with Gasteiger partial charge >= 0.3 is 0 Å². The minimum absolute atomic E-state index is 0.875. The molecule has 0 unspecified atom stereocenters. The topological polar surface area (TPSA) is 0 Å². The first kappa shape index (κ1) is 136. The van der Waals surface area contributed by atoms with Gasteiger partial charge in [-0.1, -0.05) is 624 Å². The van der Waals surface area contributed by atoms with E-state index < -0.39 is 0 Å². The fraction of sp³-hybridized carbons (Fsp3) is 1.00. The molecule has 0 fully saturated rings. The van der Waals surface area contributed by atoms with Gasteiger partial charge in [-0.05, 0) is 125 Å². The normalized spacial score (nSPS) is 11.5. The van der Waals surface area contributed by atoms with Crippen molar-refractivity contribution in [3.63, 3.8) is 0 Å². The highest BCUT2D eigenvalue weighted by Crippen LogP contribution is 2.22. The van der Waals surface area contributed by atoms with Crippen LogP contribution in [0.1, 0.15) is 630 Å². The maximum atomic E-state index is 2.33. The van der Waals surface area contributed by atoms with Crippen LogP contribution in [0.15, 0.2) is 0 Å². The minimum Gasteiger partial charge on any atom is -0.0628 e. The molecule has 0 aromatic heterocycles. The molecule has 0 nitrogen and oxygen atoms in total. The fourth-order valence-corrected chi connectivity index (χ4v) is 14.0. The highest BCUT2D eigenvalue weighted by atomic mass is 14.1. The Morgan fingerprint density at radius 3 is 0.217 bits per heavy atom. The number of rotatable bonds is 65. The Kier molecular flexibility index (Phi) is 130. The molecule has 0 radical (unpaired) electrons. The molecule has 0 aliphatic carbocycles. The van der Waals surface area contributed by atoms with Crippen molar-refractivity contribution in [2.75, 3.05) is 0 Å². The van der Waals surface area contributed by atoms with Crippen molar-refractivity contribution in [3.05, 3.63) is 0 Å². The van der Waals surface area contributed by atoms with Gasteiger partial charge in [0.05, 0.1) is 0 Å². The molecule has 0 aromatic rings. The molecule has 0 bridgehead atoms. The summed E-state index contributed by atoms with van der Waals surface area (Å²) in [6, 6.07) is 0. The van der Waals surface area contributed by atoms with Crippen LogP contribution in [0.5, 0.6) is 0 Å². The summed E-state index contributed by atoms with van der Waals surface area (Å²) in [4.78, 5) is 0. The highest BCUT2D eigenvalue weighted by Gasteiger charge is 2.05. The van der Waals surface area contributed by atoms with Crippen molar-refractivity contribution in [1.82, 2.24) is 0 Å². The molecule has 0 atom stereocenters. The average molecular weight is 1630 g/mol. The third-order valence-electron chi connectivity index (χ3n) is 21.8. The SMILES string of the molecule is CC(C)CC(C)C.CC(C)CCC(C)C.CC(C)CCCC(C)C.CC(C)CCCCC(C)C.CC(C)CCCCCC(C)C.CC(C)CCCCCCC(C)C.CC(C)CCCCCCCC(C)C.CC(C)CCCCCCCCC(C)C.CC(C)CCCCCCCCCC(C)C.CC(C)CCCCCCCCCCC(C)C. The van der Waals surface area contributed by atoms with Crippen molar-refractivity contribution in [3.8, 4) is 0 Å². The van der Waals surface area contributed by atoms with E-state index in [0.717, 1.165) is 118 Å². The predicted molar refractivity (Wildman–Crippen MR) is 551 cm³/mol. The lowest BCUT2D eigenvalue weighted by Crippen LogP contribution is -1.93. The zero-order chi connectivity index (χ0) is 90.4. The van der Waals surface area contributed by atoms with Crippen LogP contribution in [-0.4, -0.2) is 0 Å². The van der Waals surface area contributed by atoms with Crippen molar-refractivity contribution < 1.29 is 0 Å². The molecule has 0 heteroatoms. The van der Waals surface area contributed by atoms with Gasteiger partial charge in [-0.25, -0.2) is 0 Å². The van der Waals surface area contributed by atoms with E-state index in [1.807, 2.05) is 0 Å². The van der Waals surface area contributed by atoms with E-state index in [0.29, 0.717) is 0 Å². The van der Waals surface area contributed by atoms with Crippen LogP contribution in [-0.2, 0) is 0 Å². The van der Waals surface area contributed by atoms with Crippen molar-refractivity contribution in [2.24, 2.45) is 118 Å². The van der Waals surface area contributed by atoms with Gasteiger partial charge in [0, 0.05) is 0 Å². The Bertz CT molecular complexity index is 1420. The van der Waals surface area contributed by atoms with Crippen molar-refractivity contribution >= 4 is 0 Å². The van der Waals surface area contributed by atoms with E-state index in [4.69, 9.17) is 0 Å². The van der Waals surface area contributed by atoms with E-state index in [1.54, 1.807) is 0 Å². The van der Waals surface area contributed by atoms with Gasteiger partial charge in [-0.2, -0.15) is 0 Å². The molecule has 0 N–H and O–H groups in total. The molecule has 0 aliphatic rings. The lowest BCUT2D eigenvalue weighted by Gasteiger charge is -2.05. The average Bonchev–Trinajstić information content (AvgIpc) is 1.43. The molecule has 0 aliphatic heterocycles. The maximum Gasteiger partial charge on any atom is -0.0469 e. The Morgan fingerprint density at radius 1 is 0.0696 bits per heavy atom. The number of unbranched alkanes of at least 4 members (excludes halogenated alkanes) is 28.